The number of hydrogen-bond acceptors (Lipinski definition) is 4. The van der Waals surface area contributed by atoms with Crippen LogP contribution < -0.4 is 0 Å². The van der Waals surface area contributed by atoms with Crippen molar-refractivity contribution in [1.82, 2.24) is 0 Å². The molecule has 0 spiro atoms. The van der Waals surface area contributed by atoms with Gasteiger partial charge < -0.3 is 5.11 Å². The number of carboxylic acids is 1. The van der Waals surface area contributed by atoms with Crippen LogP contribution in [0, 0.1) is 10.1 Å². The summed E-state index contributed by atoms with van der Waals surface area (Å²) in [5.41, 5.74) is -0.882. The molecule has 1 aliphatic rings. The molecule has 1 heterocycles. The Morgan fingerprint density at radius 1 is 1.82 bits per heavy atom. The van der Waals surface area contributed by atoms with Gasteiger partial charge in [-0.25, -0.2) is 4.79 Å². The highest BCUT2D eigenvalue weighted by molar-refractivity contribution is 6.42. The first-order chi connectivity index (χ1) is 5.13. The second kappa shape index (κ2) is 2.49. The first kappa shape index (κ1) is 7.39. The van der Waals surface area contributed by atoms with E-state index in [2.05, 4.69) is 4.99 Å². The third-order valence-corrected chi connectivity index (χ3v) is 1.18. The molecule has 0 bridgehead atoms. The van der Waals surface area contributed by atoms with Crippen molar-refractivity contribution in [2.45, 2.75) is 0 Å². The molecule has 0 amide bonds. The number of carboxylic acid groups (broad SMARTS) is 1. The third-order valence-electron chi connectivity index (χ3n) is 1.18. The van der Waals surface area contributed by atoms with E-state index in [0.29, 0.717) is 0 Å². The topological polar surface area (TPSA) is 92.8 Å². The second-order valence-electron chi connectivity index (χ2n) is 1.84. The zero-order chi connectivity index (χ0) is 8.43. The summed E-state index contributed by atoms with van der Waals surface area (Å²) in [6.45, 7) is 0.0813. The van der Waals surface area contributed by atoms with Gasteiger partial charge in [-0.05, 0) is 0 Å². The highest BCUT2D eigenvalue weighted by atomic mass is 16.6. The molecule has 1 rings (SSSR count). The van der Waals surface area contributed by atoms with Crippen molar-refractivity contribution in [1.29, 1.82) is 0 Å². The summed E-state index contributed by atoms with van der Waals surface area (Å²) in [6, 6.07) is 0. The number of nitrogens with zero attached hydrogens (tertiary/aromatic N) is 2. The molecule has 1 aliphatic heterocycles. The van der Waals surface area contributed by atoms with E-state index >= 15 is 0 Å². The first-order valence-electron chi connectivity index (χ1n) is 2.75. The number of carbonyl (C=O) groups is 1. The SMILES string of the molecule is O=C(O)C1=NCC=C1[N+](=O)[O-]. The Bertz CT molecular complexity index is 250. The lowest BCUT2D eigenvalue weighted by Crippen LogP contribution is -2.18. The Hall–Kier alpha value is -1.72. The number of hydrogen-bond donors (Lipinski definition) is 1. The maximum absolute atomic E-state index is 10.2. The lowest BCUT2D eigenvalue weighted by molar-refractivity contribution is -0.414. The minimum absolute atomic E-state index is 0.0813. The largest absolute Gasteiger partial charge is 0.476 e. The van der Waals surface area contributed by atoms with E-state index in [4.69, 9.17) is 5.11 Å². The van der Waals surface area contributed by atoms with Gasteiger partial charge in [-0.3, -0.25) is 15.1 Å². The fourth-order valence-electron chi connectivity index (χ4n) is 0.739. The molecule has 0 fully saturated rings. The number of nitro groups is 1. The van der Waals surface area contributed by atoms with Crippen LogP contribution >= 0.6 is 0 Å². The van der Waals surface area contributed by atoms with Crippen molar-refractivity contribution in [3.8, 4) is 0 Å². The second-order valence-corrected chi connectivity index (χ2v) is 1.84. The van der Waals surface area contributed by atoms with Crippen LogP contribution in [0.5, 0.6) is 0 Å². The monoisotopic (exact) mass is 156 g/mol. The van der Waals surface area contributed by atoms with Gasteiger partial charge in [-0.2, -0.15) is 0 Å². The summed E-state index contributed by atoms with van der Waals surface area (Å²) < 4.78 is 0. The van der Waals surface area contributed by atoms with Gasteiger partial charge >= 0.3 is 5.97 Å². The van der Waals surface area contributed by atoms with Gasteiger partial charge in [0.25, 0.3) is 5.70 Å². The van der Waals surface area contributed by atoms with Crippen molar-refractivity contribution in [2.75, 3.05) is 6.54 Å². The smallest absolute Gasteiger partial charge is 0.361 e. The summed E-state index contributed by atoms with van der Waals surface area (Å²) in [4.78, 5) is 23.0. The van der Waals surface area contributed by atoms with Crippen LogP contribution in [0.4, 0.5) is 0 Å². The Balaban J connectivity index is 2.93. The fourth-order valence-corrected chi connectivity index (χ4v) is 0.739. The molecule has 0 saturated heterocycles. The fraction of sp³-hybridized carbons (Fsp3) is 0.200. The van der Waals surface area contributed by atoms with Crippen LogP contribution in [0.2, 0.25) is 0 Å². The number of aliphatic imine (C=N–C) groups is 1. The number of aliphatic carboxylic acids is 1. The summed E-state index contributed by atoms with van der Waals surface area (Å²) in [5.74, 6) is -1.36. The van der Waals surface area contributed by atoms with Crippen LogP contribution in [-0.2, 0) is 4.79 Å². The molecule has 6 nitrogen and oxygen atoms in total. The standard InChI is InChI=1S/C5H4N2O4/c8-5(9)4-3(7(10)11)1-2-6-4/h1H,2H2,(H,8,9). The van der Waals surface area contributed by atoms with Crippen LogP contribution in [0.15, 0.2) is 16.8 Å². The lowest BCUT2D eigenvalue weighted by atomic mass is 10.3. The summed E-state index contributed by atoms with van der Waals surface area (Å²) in [5, 5.41) is 18.5. The average molecular weight is 156 g/mol. The van der Waals surface area contributed by atoms with Gasteiger partial charge in [0.2, 0.25) is 5.71 Å². The third kappa shape index (κ3) is 1.23. The summed E-state index contributed by atoms with van der Waals surface area (Å²) in [6.07, 6.45) is 1.17. The van der Waals surface area contributed by atoms with E-state index in [1.54, 1.807) is 0 Å². The van der Waals surface area contributed by atoms with Crippen LogP contribution in [0.25, 0.3) is 0 Å². The maximum Gasteiger partial charge on any atom is 0.361 e. The minimum Gasteiger partial charge on any atom is -0.476 e. The molecule has 0 aromatic rings. The highest BCUT2D eigenvalue weighted by Crippen LogP contribution is 2.06. The molecule has 0 atom stereocenters. The Morgan fingerprint density at radius 3 is 2.82 bits per heavy atom. The molecule has 1 N–H and O–H groups in total. The molecule has 11 heavy (non-hydrogen) atoms. The van der Waals surface area contributed by atoms with Gasteiger partial charge in [0.15, 0.2) is 0 Å². The normalized spacial score (nSPS) is 15.6. The number of rotatable bonds is 2. The highest BCUT2D eigenvalue weighted by Gasteiger charge is 2.28. The Kier molecular flexibility index (Phi) is 1.67. The van der Waals surface area contributed by atoms with Crippen molar-refractivity contribution >= 4 is 11.7 Å². The molecule has 6 heteroatoms. The van der Waals surface area contributed by atoms with Crippen molar-refractivity contribution in [3.63, 3.8) is 0 Å². The van der Waals surface area contributed by atoms with Gasteiger partial charge in [-0.15, -0.1) is 0 Å². The van der Waals surface area contributed by atoms with Crippen molar-refractivity contribution in [2.24, 2.45) is 4.99 Å². The van der Waals surface area contributed by atoms with Crippen LogP contribution in [0.3, 0.4) is 0 Å². The minimum atomic E-state index is -1.36. The predicted octanol–water partition coefficient (Wildman–Crippen LogP) is -0.314. The molecule has 0 radical (unpaired) electrons. The predicted molar refractivity (Wildman–Crippen MR) is 35.0 cm³/mol. The van der Waals surface area contributed by atoms with E-state index in [1.165, 1.54) is 6.08 Å². The quantitative estimate of drug-likeness (QED) is 0.438. The Labute approximate surface area is 61.0 Å². The molecule has 0 aromatic carbocycles. The first-order valence-corrected chi connectivity index (χ1v) is 2.75. The molecular formula is C5H4N2O4. The van der Waals surface area contributed by atoms with Gasteiger partial charge in [-0.1, -0.05) is 0 Å². The van der Waals surface area contributed by atoms with Crippen LogP contribution in [0.1, 0.15) is 0 Å². The zero-order valence-electron chi connectivity index (χ0n) is 5.35. The van der Waals surface area contributed by atoms with E-state index in [0.717, 1.165) is 0 Å². The molecule has 0 unspecified atom stereocenters. The molecule has 58 valence electrons. The molecule has 0 aliphatic carbocycles. The average Bonchev–Trinajstić information content (AvgIpc) is 2.32. The van der Waals surface area contributed by atoms with Gasteiger partial charge in [0.1, 0.15) is 0 Å². The van der Waals surface area contributed by atoms with Gasteiger partial charge in [0.05, 0.1) is 11.5 Å². The van der Waals surface area contributed by atoms with E-state index in [1.807, 2.05) is 0 Å². The lowest BCUT2D eigenvalue weighted by Gasteiger charge is -1.90. The van der Waals surface area contributed by atoms with Crippen molar-refractivity contribution in [3.05, 3.63) is 21.9 Å². The molecule has 0 saturated carbocycles. The molecule has 0 aromatic heterocycles. The van der Waals surface area contributed by atoms with E-state index < -0.39 is 22.3 Å². The van der Waals surface area contributed by atoms with E-state index in [-0.39, 0.29) is 6.54 Å². The van der Waals surface area contributed by atoms with E-state index in [9.17, 15) is 14.9 Å². The maximum atomic E-state index is 10.2. The van der Waals surface area contributed by atoms with Crippen molar-refractivity contribution < 1.29 is 14.8 Å². The molecular weight excluding hydrogens is 152 g/mol. The summed E-state index contributed by atoms with van der Waals surface area (Å²) >= 11 is 0. The zero-order valence-corrected chi connectivity index (χ0v) is 5.35. The summed E-state index contributed by atoms with van der Waals surface area (Å²) in [7, 11) is 0. The van der Waals surface area contributed by atoms with Crippen LogP contribution in [-0.4, -0.2) is 28.3 Å². The van der Waals surface area contributed by atoms with Gasteiger partial charge in [0, 0.05) is 6.08 Å². The Morgan fingerprint density at radius 2 is 2.45 bits per heavy atom.